The first-order chi connectivity index (χ1) is 15.1. The van der Waals surface area contributed by atoms with E-state index in [1.807, 2.05) is 11.9 Å². The standard InChI is InChI=1S/C30H53NO/c1-20(2)9-8-10-21(3)26-13-14-27-25-12-11-23-19-24(31(7)22(4)32)15-17-29(23,5)28(25)16-18-30(26,27)6/h20-21,23-28H,8-19H2,1-7H3. The molecule has 184 valence electrons. The smallest absolute Gasteiger partial charge is 0.219 e. The first-order valence-corrected chi connectivity index (χ1v) is 14.3. The monoisotopic (exact) mass is 443 g/mol. The highest BCUT2D eigenvalue weighted by atomic mass is 16.2. The minimum Gasteiger partial charge on any atom is -0.343 e. The Balaban J connectivity index is 1.44. The maximum atomic E-state index is 12.0. The second kappa shape index (κ2) is 9.26. The Labute approximate surface area is 199 Å². The number of fused-ring (bicyclic) bond motifs is 5. The molecule has 9 unspecified atom stereocenters. The Morgan fingerprint density at radius 1 is 0.906 bits per heavy atom. The maximum absolute atomic E-state index is 12.0. The van der Waals surface area contributed by atoms with Crippen molar-refractivity contribution in [2.75, 3.05) is 7.05 Å². The lowest BCUT2D eigenvalue weighted by atomic mass is 9.44. The topological polar surface area (TPSA) is 20.3 Å². The minimum atomic E-state index is 0.250. The molecule has 0 aromatic carbocycles. The highest BCUT2D eigenvalue weighted by Crippen LogP contribution is 2.68. The lowest BCUT2D eigenvalue weighted by Gasteiger charge is -2.61. The summed E-state index contributed by atoms with van der Waals surface area (Å²) in [5.41, 5.74) is 1.13. The summed E-state index contributed by atoms with van der Waals surface area (Å²) in [7, 11) is 2.04. The average Bonchev–Trinajstić information content (AvgIpc) is 3.09. The molecule has 0 spiro atoms. The summed E-state index contributed by atoms with van der Waals surface area (Å²) >= 11 is 0. The largest absolute Gasteiger partial charge is 0.343 e. The van der Waals surface area contributed by atoms with Crippen LogP contribution in [0.1, 0.15) is 119 Å². The van der Waals surface area contributed by atoms with E-state index in [0.717, 1.165) is 41.4 Å². The minimum absolute atomic E-state index is 0.250. The van der Waals surface area contributed by atoms with Crippen molar-refractivity contribution < 1.29 is 4.79 Å². The Morgan fingerprint density at radius 2 is 1.59 bits per heavy atom. The van der Waals surface area contributed by atoms with Gasteiger partial charge in [0.05, 0.1) is 0 Å². The van der Waals surface area contributed by atoms with Gasteiger partial charge in [0, 0.05) is 20.0 Å². The van der Waals surface area contributed by atoms with Gasteiger partial charge in [-0.3, -0.25) is 4.79 Å². The molecular weight excluding hydrogens is 390 g/mol. The number of hydrogen-bond donors (Lipinski definition) is 0. The SMILES string of the molecule is CC(=O)N(C)C1CCC2(C)C(CCC3C2CCC2(C)C(C(C)CCCC(C)C)CCC32)C1. The number of rotatable bonds is 6. The second-order valence-corrected chi connectivity index (χ2v) is 13.7. The molecule has 2 heteroatoms. The molecule has 0 heterocycles. The molecule has 4 rings (SSSR count). The molecule has 0 aromatic rings. The average molecular weight is 444 g/mol. The zero-order valence-corrected chi connectivity index (χ0v) is 22.5. The van der Waals surface area contributed by atoms with Gasteiger partial charge in [-0.1, -0.05) is 53.9 Å². The van der Waals surface area contributed by atoms with Gasteiger partial charge in [-0.15, -0.1) is 0 Å². The Morgan fingerprint density at radius 3 is 2.28 bits per heavy atom. The van der Waals surface area contributed by atoms with Gasteiger partial charge in [0.2, 0.25) is 5.91 Å². The lowest BCUT2D eigenvalue weighted by molar-refractivity contribution is -0.139. The Hall–Kier alpha value is -0.530. The molecular formula is C30H53NO. The molecule has 0 N–H and O–H groups in total. The predicted octanol–water partition coefficient (Wildman–Crippen LogP) is 7.95. The summed E-state index contributed by atoms with van der Waals surface area (Å²) in [6.07, 6.45) is 17.0. The van der Waals surface area contributed by atoms with Crippen molar-refractivity contribution >= 4 is 5.91 Å². The third kappa shape index (κ3) is 4.19. The van der Waals surface area contributed by atoms with Gasteiger partial charge >= 0.3 is 0 Å². The first-order valence-electron chi connectivity index (χ1n) is 14.3. The highest BCUT2D eigenvalue weighted by molar-refractivity contribution is 5.73. The zero-order chi connectivity index (χ0) is 23.3. The van der Waals surface area contributed by atoms with Crippen LogP contribution in [0.15, 0.2) is 0 Å². The number of amides is 1. The van der Waals surface area contributed by atoms with E-state index in [1.54, 1.807) is 6.92 Å². The van der Waals surface area contributed by atoms with Crippen LogP contribution in [0.2, 0.25) is 0 Å². The van der Waals surface area contributed by atoms with Crippen molar-refractivity contribution in [1.29, 1.82) is 0 Å². The molecule has 0 bridgehead atoms. The lowest BCUT2D eigenvalue weighted by Crippen LogP contribution is -2.55. The Kier molecular flexibility index (Phi) is 7.11. The third-order valence-corrected chi connectivity index (χ3v) is 11.9. The molecule has 4 fully saturated rings. The molecule has 0 aromatic heterocycles. The summed E-state index contributed by atoms with van der Waals surface area (Å²) in [6.45, 7) is 14.5. The number of hydrogen-bond acceptors (Lipinski definition) is 1. The van der Waals surface area contributed by atoms with Crippen LogP contribution in [0, 0.1) is 52.3 Å². The number of carbonyl (C=O) groups is 1. The van der Waals surface area contributed by atoms with Gasteiger partial charge in [0.15, 0.2) is 0 Å². The highest BCUT2D eigenvalue weighted by Gasteiger charge is 2.60. The summed E-state index contributed by atoms with van der Waals surface area (Å²) in [5.74, 6) is 6.71. The van der Waals surface area contributed by atoms with Gasteiger partial charge in [0.1, 0.15) is 0 Å². The summed E-state index contributed by atoms with van der Waals surface area (Å²) in [5, 5.41) is 0. The second-order valence-electron chi connectivity index (χ2n) is 13.7. The zero-order valence-electron chi connectivity index (χ0n) is 22.5. The van der Waals surface area contributed by atoms with Crippen LogP contribution in [0.3, 0.4) is 0 Å². The fraction of sp³-hybridized carbons (Fsp3) is 0.967. The van der Waals surface area contributed by atoms with Crippen molar-refractivity contribution in [1.82, 2.24) is 4.90 Å². The maximum Gasteiger partial charge on any atom is 0.219 e. The molecule has 4 aliphatic rings. The first kappa shape index (κ1) is 24.6. The summed E-state index contributed by atoms with van der Waals surface area (Å²) in [4.78, 5) is 14.0. The quantitative estimate of drug-likeness (QED) is 0.408. The van der Waals surface area contributed by atoms with Crippen LogP contribution in [0.25, 0.3) is 0 Å². The van der Waals surface area contributed by atoms with Crippen LogP contribution < -0.4 is 0 Å². The fourth-order valence-corrected chi connectivity index (χ4v) is 9.87. The molecule has 4 saturated carbocycles. The van der Waals surface area contributed by atoms with Gasteiger partial charge in [-0.25, -0.2) is 0 Å². The van der Waals surface area contributed by atoms with Crippen molar-refractivity contribution in [3.63, 3.8) is 0 Å². The van der Waals surface area contributed by atoms with E-state index >= 15 is 0 Å². The Bertz CT molecular complexity index is 672. The number of nitrogens with zero attached hydrogens (tertiary/aromatic N) is 1. The van der Waals surface area contributed by atoms with E-state index in [-0.39, 0.29) is 5.91 Å². The van der Waals surface area contributed by atoms with E-state index in [9.17, 15) is 4.79 Å². The predicted molar refractivity (Wildman–Crippen MR) is 135 cm³/mol. The van der Waals surface area contributed by atoms with Crippen LogP contribution in [-0.4, -0.2) is 23.9 Å². The van der Waals surface area contributed by atoms with E-state index in [0.29, 0.717) is 16.9 Å². The fourth-order valence-electron chi connectivity index (χ4n) is 9.87. The van der Waals surface area contributed by atoms with Gasteiger partial charge in [-0.05, 0) is 110 Å². The van der Waals surface area contributed by atoms with Crippen molar-refractivity contribution in [3.8, 4) is 0 Å². The molecule has 1 amide bonds. The third-order valence-electron chi connectivity index (χ3n) is 11.9. The van der Waals surface area contributed by atoms with Crippen LogP contribution in [0.4, 0.5) is 0 Å². The van der Waals surface area contributed by atoms with Crippen molar-refractivity contribution in [3.05, 3.63) is 0 Å². The normalized spacial score (nSPS) is 44.5. The number of carbonyl (C=O) groups excluding carboxylic acids is 1. The van der Waals surface area contributed by atoms with Gasteiger partial charge in [-0.2, -0.15) is 0 Å². The van der Waals surface area contributed by atoms with Gasteiger partial charge < -0.3 is 4.90 Å². The van der Waals surface area contributed by atoms with Gasteiger partial charge in [0.25, 0.3) is 0 Å². The van der Waals surface area contributed by atoms with E-state index in [1.165, 1.54) is 77.0 Å². The molecule has 4 aliphatic carbocycles. The molecule has 32 heavy (non-hydrogen) atoms. The molecule has 0 radical (unpaired) electrons. The molecule has 2 nitrogen and oxygen atoms in total. The molecule has 0 aliphatic heterocycles. The van der Waals surface area contributed by atoms with Crippen LogP contribution in [0.5, 0.6) is 0 Å². The van der Waals surface area contributed by atoms with E-state index < -0.39 is 0 Å². The van der Waals surface area contributed by atoms with Crippen molar-refractivity contribution in [2.45, 2.75) is 125 Å². The van der Waals surface area contributed by atoms with E-state index in [2.05, 4.69) is 34.6 Å². The molecule has 0 saturated heterocycles. The van der Waals surface area contributed by atoms with E-state index in [4.69, 9.17) is 0 Å². The summed E-state index contributed by atoms with van der Waals surface area (Å²) in [6, 6.07) is 0.485. The summed E-state index contributed by atoms with van der Waals surface area (Å²) < 4.78 is 0. The van der Waals surface area contributed by atoms with Crippen LogP contribution in [-0.2, 0) is 4.79 Å². The molecule has 9 atom stereocenters. The van der Waals surface area contributed by atoms with Crippen molar-refractivity contribution in [2.24, 2.45) is 52.3 Å². The van der Waals surface area contributed by atoms with Crippen LogP contribution >= 0.6 is 0 Å².